The fourth-order valence-corrected chi connectivity index (χ4v) is 1.88. The lowest BCUT2D eigenvalue weighted by atomic mass is 10.1. The van der Waals surface area contributed by atoms with Gasteiger partial charge in [-0.3, -0.25) is 4.79 Å². The Hall–Kier alpha value is -0.300. The maximum Gasteiger partial charge on any atom is 0.266 e. The summed E-state index contributed by atoms with van der Waals surface area (Å²) in [6, 6.07) is 0. The number of hydrogen-bond donors (Lipinski definition) is 2. The molecule has 0 aliphatic carbocycles. The molecule has 1 aromatic rings. The van der Waals surface area contributed by atoms with Crippen LogP contribution in [0.25, 0.3) is 0 Å². The van der Waals surface area contributed by atoms with Gasteiger partial charge in [0.15, 0.2) is 0 Å². The van der Waals surface area contributed by atoms with E-state index in [2.05, 4.69) is 22.2 Å². The van der Waals surface area contributed by atoms with E-state index in [4.69, 9.17) is 11.6 Å². The van der Waals surface area contributed by atoms with Gasteiger partial charge in [0.05, 0.1) is 6.33 Å². The van der Waals surface area contributed by atoms with E-state index in [1.54, 1.807) is 0 Å². The van der Waals surface area contributed by atoms with Crippen molar-refractivity contribution in [3.63, 3.8) is 0 Å². The molecule has 4 nitrogen and oxygen atoms in total. The molecule has 0 spiro atoms. The second-order valence-electron chi connectivity index (χ2n) is 3.72. The van der Waals surface area contributed by atoms with Crippen molar-refractivity contribution in [2.45, 2.75) is 19.8 Å². The van der Waals surface area contributed by atoms with Gasteiger partial charge in [0.25, 0.3) is 5.56 Å². The van der Waals surface area contributed by atoms with Gasteiger partial charge in [-0.05, 0) is 41.4 Å². The highest BCUT2D eigenvalue weighted by atomic mass is 127. The fourth-order valence-electron chi connectivity index (χ4n) is 1.24. The number of H-pyrrole nitrogens is 1. The van der Waals surface area contributed by atoms with E-state index in [9.17, 15) is 4.79 Å². The van der Waals surface area contributed by atoms with Gasteiger partial charge in [0.1, 0.15) is 9.39 Å². The second-order valence-corrected chi connectivity index (χ2v) is 5.11. The summed E-state index contributed by atoms with van der Waals surface area (Å²) < 4.78 is 0.602. The number of nitrogens with one attached hydrogen (secondary N) is 2. The van der Waals surface area contributed by atoms with Crippen molar-refractivity contribution in [1.29, 1.82) is 0 Å². The van der Waals surface area contributed by atoms with E-state index in [-0.39, 0.29) is 5.56 Å². The van der Waals surface area contributed by atoms with Gasteiger partial charge in [-0.15, -0.1) is 11.6 Å². The molecule has 0 bridgehead atoms. The van der Waals surface area contributed by atoms with E-state index >= 15 is 0 Å². The molecule has 0 saturated carbocycles. The lowest BCUT2D eigenvalue weighted by molar-refractivity contribution is 0.572. The van der Waals surface area contributed by atoms with Gasteiger partial charge >= 0.3 is 0 Å². The van der Waals surface area contributed by atoms with Gasteiger partial charge in [0.2, 0.25) is 0 Å². The zero-order valence-corrected chi connectivity index (χ0v) is 12.0. The van der Waals surface area contributed by atoms with Gasteiger partial charge in [0, 0.05) is 12.4 Å². The average Bonchev–Trinajstić information content (AvgIpc) is 2.29. The van der Waals surface area contributed by atoms with Crippen LogP contribution in [-0.4, -0.2) is 22.4 Å². The first-order chi connectivity index (χ1) is 7.65. The van der Waals surface area contributed by atoms with Crippen LogP contribution < -0.4 is 10.9 Å². The molecule has 1 rings (SSSR count). The van der Waals surface area contributed by atoms with E-state index in [0.29, 0.717) is 21.2 Å². The zero-order chi connectivity index (χ0) is 12.0. The van der Waals surface area contributed by atoms with Crippen molar-refractivity contribution >= 4 is 40.0 Å². The summed E-state index contributed by atoms with van der Waals surface area (Å²) >= 11 is 7.70. The SMILES string of the molecule is CC(CCl)CCCNc1nc[nH]c(=O)c1I. The second kappa shape index (κ2) is 7.11. The Morgan fingerprint density at radius 3 is 3.12 bits per heavy atom. The van der Waals surface area contributed by atoms with Crippen LogP contribution in [0, 0.1) is 9.49 Å². The molecule has 1 unspecified atom stereocenters. The molecule has 0 amide bonds. The van der Waals surface area contributed by atoms with E-state index in [1.165, 1.54) is 6.33 Å². The number of alkyl halides is 1. The minimum atomic E-state index is -0.104. The molecule has 0 aliphatic rings. The predicted octanol–water partition coefficient (Wildman–Crippen LogP) is 2.44. The lowest BCUT2D eigenvalue weighted by Crippen LogP contribution is -2.15. The highest BCUT2D eigenvalue weighted by Gasteiger charge is 2.04. The number of rotatable bonds is 6. The summed E-state index contributed by atoms with van der Waals surface area (Å²) in [6.45, 7) is 2.94. The molecule has 1 aromatic heterocycles. The van der Waals surface area contributed by atoms with Crippen molar-refractivity contribution in [3.05, 3.63) is 20.3 Å². The maximum atomic E-state index is 11.3. The average molecular weight is 356 g/mol. The molecule has 0 fully saturated rings. The van der Waals surface area contributed by atoms with E-state index in [0.717, 1.165) is 19.4 Å². The normalized spacial score (nSPS) is 12.4. The van der Waals surface area contributed by atoms with Crippen LogP contribution in [0.4, 0.5) is 5.82 Å². The van der Waals surface area contributed by atoms with Crippen molar-refractivity contribution in [1.82, 2.24) is 9.97 Å². The van der Waals surface area contributed by atoms with Crippen LogP contribution in [0.15, 0.2) is 11.1 Å². The van der Waals surface area contributed by atoms with Crippen LogP contribution in [-0.2, 0) is 0 Å². The Balaban J connectivity index is 2.38. The molecule has 0 aliphatic heterocycles. The van der Waals surface area contributed by atoms with Gasteiger partial charge < -0.3 is 10.3 Å². The van der Waals surface area contributed by atoms with Crippen molar-refractivity contribution < 1.29 is 0 Å². The Labute approximate surface area is 113 Å². The summed E-state index contributed by atoms with van der Waals surface area (Å²) in [7, 11) is 0. The van der Waals surface area contributed by atoms with E-state index in [1.807, 2.05) is 22.6 Å². The van der Waals surface area contributed by atoms with Crippen molar-refractivity contribution in [2.24, 2.45) is 5.92 Å². The zero-order valence-electron chi connectivity index (χ0n) is 9.09. The molecule has 1 atom stereocenters. The van der Waals surface area contributed by atoms with Gasteiger partial charge in [-0.1, -0.05) is 6.92 Å². The Morgan fingerprint density at radius 1 is 1.69 bits per heavy atom. The summed E-state index contributed by atoms with van der Waals surface area (Å²) in [6.07, 6.45) is 3.52. The maximum absolute atomic E-state index is 11.3. The first-order valence-corrected chi connectivity index (χ1v) is 6.79. The summed E-state index contributed by atoms with van der Waals surface area (Å²) in [5, 5.41) is 3.15. The molecule has 0 saturated heterocycles. The smallest absolute Gasteiger partial charge is 0.266 e. The van der Waals surface area contributed by atoms with Crippen molar-refractivity contribution in [3.8, 4) is 0 Å². The number of hydrogen-bond acceptors (Lipinski definition) is 3. The van der Waals surface area contributed by atoms with Crippen LogP contribution in [0.3, 0.4) is 0 Å². The number of anilines is 1. The largest absolute Gasteiger partial charge is 0.369 e. The molecule has 90 valence electrons. The molecule has 16 heavy (non-hydrogen) atoms. The Kier molecular flexibility index (Phi) is 6.12. The van der Waals surface area contributed by atoms with Crippen LogP contribution in [0.2, 0.25) is 0 Å². The number of nitrogens with zero attached hydrogens (tertiary/aromatic N) is 1. The quantitative estimate of drug-likeness (QED) is 0.468. The summed E-state index contributed by atoms with van der Waals surface area (Å²) in [4.78, 5) is 17.9. The standard InChI is InChI=1S/C10H15ClIN3O/c1-7(5-11)3-2-4-13-9-8(12)10(16)15-6-14-9/h6-7H,2-5H2,1H3,(H2,13,14,15,16). The molecular formula is C10H15ClIN3O. The monoisotopic (exact) mass is 355 g/mol. The number of aromatic nitrogens is 2. The molecule has 6 heteroatoms. The topological polar surface area (TPSA) is 57.8 Å². The van der Waals surface area contributed by atoms with Crippen LogP contribution in [0.1, 0.15) is 19.8 Å². The van der Waals surface area contributed by atoms with Crippen LogP contribution >= 0.6 is 34.2 Å². The number of halogens is 2. The first kappa shape index (κ1) is 13.8. The molecule has 0 radical (unpaired) electrons. The van der Waals surface area contributed by atoms with E-state index < -0.39 is 0 Å². The highest BCUT2D eigenvalue weighted by molar-refractivity contribution is 14.1. The molecule has 2 N–H and O–H groups in total. The molecular weight excluding hydrogens is 340 g/mol. The predicted molar refractivity (Wildman–Crippen MR) is 75.2 cm³/mol. The van der Waals surface area contributed by atoms with Gasteiger partial charge in [-0.2, -0.15) is 0 Å². The first-order valence-electron chi connectivity index (χ1n) is 5.18. The summed E-state index contributed by atoms with van der Waals surface area (Å²) in [5.41, 5.74) is -0.104. The minimum Gasteiger partial charge on any atom is -0.369 e. The molecule has 0 aromatic carbocycles. The Bertz CT molecular complexity index is 383. The number of aromatic amines is 1. The lowest BCUT2D eigenvalue weighted by Gasteiger charge is -2.09. The third-order valence-electron chi connectivity index (χ3n) is 2.23. The Morgan fingerprint density at radius 2 is 2.44 bits per heavy atom. The highest BCUT2D eigenvalue weighted by Crippen LogP contribution is 2.10. The fraction of sp³-hybridized carbons (Fsp3) is 0.600. The third-order valence-corrected chi connectivity index (χ3v) is 3.75. The van der Waals surface area contributed by atoms with Gasteiger partial charge in [-0.25, -0.2) is 4.98 Å². The third kappa shape index (κ3) is 4.29. The summed E-state index contributed by atoms with van der Waals surface area (Å²) in [5.74, 6) is 1.89. The minimum absolute atomic E-state index is 0.104. The van der Waals surface area contributed by atoms with Crippen molar-refractivity contribution in [2.75, 3.05) is 17.7 Å². The van der Waals surface area contributed by atoms with Crippen LogP contribution in [0.5, 0.6) is 0 Å². The molecule has 1 heterocycles.